The highest BCUT2D eigenvalue weighted by molar-refractivity contribution is 7.99. The molecule has 0 saturated heterocycles. The normalized spacial score (nSPS) is 11.5. The monoisotopic (exact) mass is 402 g/mol. The second kappa shape index (κ2) is 11.2. The second-order valence-electron chi connectivity index (χ2n) is 6.21. The standard InChI is InChI=1S/C21H26N2O4S/c1-26-17-7-3-15(4-8-17)13-19(16-5-9-18(27-2)10-6-16)23-21(25)11-12-28-14-20(22)24/h3-10,19H,11-14H2,1-2H3,(H2,22,24)(H,23,25)/t19-/m0/s1. The van der Waals surface area contributed by atoms with Crippen LogP contribution in [-0.2, 0) is 16.0 Å². The van der Waals surface area contributed by atoms with E-state index < -0.39 is 0 Å². The van der Waals surface area contributed by atoms with Crippen molar-refractivity contribution < 1.29 is 19.1 Å². The van der Waals surface area contributed by atoms with Gasteiger partial charge in [-0.3, -0.25) is 9.59 Å². The van der Waals surface area contributed by atoms with Gasteiger partial charge in [0.25, 0.3) is 0 Å². The Kier molecular flexibility index (Phi) is 8.68. The fraction of sp³-hybridized carbons (Fsp3) is 0.333. The zero-order valence-electron chi connectivity index (χ0n) is 16.1. The number of amides is 2. The van der Waals surface area contributed by atoms with Crippen molar-refractivity contribution in [2.75, 3.05) is 25.7 Å². The molecule has 0 aromatic heterocycles. The molecule has 3 N–H and O–H groups in total. The van der Waals surface area contributed by atoms with Crippen molar-refractivity contribution in [3.05, 3.63) is 59.7 Å². The molecule has 0 radical (unpaired) electrons. The summed E-state index contributed by atoms with van der Waals surface area (Å²) in [4.78, 5) is 23.2. The first-order valence-electron chi connectivity index (χ1n) is 8.94. The quantitative estimate of drug-likeness (QED) is 0.564. The summed E-state index contributed by atoms with van der Waals surface area (Å²) in [5.74, 6) is 1.89. The largest absolute Gasteiger partial charge is 0.497 e. The summed E-state index contributed by atoms with van der Waals surface area (Å²) >= 11 is 1.36. The number of nitrogens with one attached hydrogen (secondary N) is 1. The van der Waals surface area contributed by atoms with Crippen LogP contribution in [0.25, 0.3) is 0 Å². The van der Waals surface area contributed by atoms with Crippen LogP contribution in [0.4, 0.5) is 0 Å². The number of methoxy groups -OCH3 is 2. The van der Waals surface area contributed by atoms with Crippen LogP contribution in [0.2, 0.25) is 0 Å². The van der Waals surface area contributed by atoms with Crippen molar-refractivity contribution in [1.29, 1.82) is 0 Å². The van der Waals surface area contributed by atoms with E-state index in [0.29, 0.717) is 18.6 Å². The first-order valence-corrected chi connectivity index (χ1v) is 10.1. The fourth-order valence-corrected chi connectivity index (χ4v) is 3.37. The van der Waals surface area contributed by atoms with Crippen LogP contribution in [0.3, 0.4) is 0 Å². The summed E-state index contributed by atoms with van der Waals surface area (Å²) in [7, 11) is 3.25. The second-order valence-corrected chi connectivity index (χ2v) is 7.32. The highest BCUT2D eigenvalue weighted by atomic mass is 32.2. The Balaban J connectivity index is 2.06. The summed E-state index contributed by atoms with van der Waals surface area (Å²) in [5.41, 5.74) is 7.20. The van der Waals surface area contributed by atoms with Crippen LogP contribution in [0, 0.1) is 0 Å². The van der Waals surface area contributed by atoms with Gasteiger partial charge in [-0.05, 0) is 41.8 Å². The molecule has 1 atom stereocenters. The maximum absolute atomic E-state index is 12.4. The Labute approximate surface area is 169 Å². The molecule has 0 spiro atoms. The summed E-state index contributed by atoms with van der Waals surface area (Å²) in [6, 6.07) is 15.3. The van der Waals surface area contributed by atoms with E-state index >= 15 is 0 Å². The van der Waals surface area contributed by atoms with Gasteiger partial charge < -0.3 is 20.5 Å². The highest BCUT2D eigenvalue weighted by Gasteiger charge is 2.16. The molecule has 28 heavy (non-hydrogen) atoms. The van der Waals surface area contributed by atoms with Crippen molar-refractivity contribution in [2.45, 2.75) is 18.9 Å². The van der Waals surface area contributed by atoms with Crippen LogP contribution in [0.15, 0.2) is 48.5 Å². The molecule has 150 valence electrons. The molecule has 0 aliphatic heterocycles. The van der Waals surface area contributed by atoms with Crippen LogP contribution in [-0.4, -0.2) is 37.5 Å². The Morgan fingerprint density at radius 2 is 1.57 bits per heavy atom. The average Bonchev–Trinajstić information content (AvgIpc) is 2.71. The minimum Gasteiger partial charge on any atom is -0.497 e. The number of carbonyl (C=O) groups is 2. The lowest BCUT2D eigenvalue weighted by molar-refractivity contribution is -0.121. The van der Waals surface area contributed by atoms with E-state index in [2.05, 4.69) is 5.32 Å². The first kappa shape index (κ1) is 21.6. The van der Waals surface area contributed by atoms with Gasteiger partial charge >= 0.3 is 0 Å². The maximum atomic E-state index is 12.4. The van der Waals surface area contributed by atoms with Crippen molar-refractivity contribution in [3.63, 3.8) is 0 Å². The lowest BCUT2D eigenvalue weighted by Gasteiger charge is -2.20. The molecule has 2 aromatic carbocycles. The Morgan fingerprint density at radius 1 is 1.00 bits per heavy atom. The molecule has 6 nitrogen and oxygen atoms in total. The van der Waals surface area contributed by atoms with E-state index in [-0.39, 0.29) is 23.6 Å². The fourth-order valence-electron chi connectivity index (χ4n) is 2.69. The van der Waals surface area contributed by atoms with E-state index in [1.54, 1.807) is 14.2 Å². The summed E-state index contributed by atoms with van der Waals surface area (Å²) in [6.45, 7) is 0. The van der Waals surface area contributed by atoms with Gasteiger partial charge in [0.05, 0.1) is 26.0 Å². The zero-order valence-corrected chi connectivity index (χ0v) is 17.0. The maximum Gasteiger partial charge on any atom is 0.227 e. The minimum atomic E-state index is -0.374. The summed E-state index contributed by atoms with van der Waals surface area (Å²) in [6.07, 6.45) is 0.976. The Morgan fingerprint density at radius 3 is 2.11 bits per heavy atom. The number of carbonyl (C=O) groups excluding carboxylic acids is 2. The number of primary amides is 1. The molecule has 2 amide bonds. The van der Waals surface area contributed by atoms with Crippen LogP contribution >= 0.6 is 11.8 Å². The Hall–Kier alpha value is -2.67. The van der Waals surface area contributed by atoms with Crippen molar-refractivity contribution in [1.82, 2.24) is 5.32 Å². The number of nitrogens with two attached hydrogens (primary N) is 1. The van der Waals surface area contributed by atoms with Crippen LogP contribution in [0.1, 0.15) is 23.6 Å². The zero-order chi connectivity index (χ0) is 20.4. The Bertz CT molecular complexity index is 763. The predicted molar refractivity (Wildman–Crippen MR) is 112 cm³/mol. The van der Waals surface area contributed by atoms with Gasteiger partial charge in [0, 0.05) is 12.2 Å². The topological polar surface area (TPSA) is 90.6 Å². The number of hydrogen-bond donors (Lipinski definition) is 2. The van der Waals surface area contributed by atoms with Crippen LogP contribution in [0.5, 0.6) is 11.5 Å². The molecule has 2 aromatic rings. The van der Waals surface area contributed by atoms with Gasteiger partial charge in [-0.25, -0.2) is 0 Å². The molecular formula is C21H26N2O4S. The molecule has 0 saturated carbocycles. The molecule has 0 unspecified atom stereocenters. The molecule has 0 fully saturated rings. The smallest absolute Gasteiger partial charge is 0.227 e. The van der Waals surface area contributed by atoms with E-state index in [1.165, 1.54) is 11.8 Å². The van der Waals surface area contributed by atoms with Gasteiger partial charge in [0.1, 0.15) is 11.5 Å². The molecule has 0 aliphatic carbocycles. The van der Waals surface area contributed by atoms with Gasteiger partial charge in [0.2, 0.25) is 11.8 Å². The number of ether oxygens (including phenoxy) is 2. The van der Waals surface area contributed by atoms with E-state index in [1.807, 2.05) is 48.5 Å². The van der Waals surface area contributed by atoms with Crippen molar-refractivity contribution >= 4 is 23.6 Å². The third-order valence-corrected chi connectivity index (χ3v) is 5.15. The molecule has 0 aliphatic rings. The number of thioether (sulfide) groups is 1. The molecule has 0 bridgehead atoms. The van der Waals surface area contributed by atoms with E-state index in [9.17, 15) is 9.59 Å². The van der Waals surface area contributed by atoms with Crippen LogP contribution < -0.4 is 20.5 Å². The van der Waals surface area contributed by atoms with E-state index in [0.717, 1.165) is 22.6 Å². The minimum absolute atomic E-state index is 0.0636. The number of rotatable bonds is 11. The van der Waals surface area contributed by atoms with E-state index in [4.69, 9.17) is 15.2 Å². The van der Waals surface area contributed by atoms with Crippen molar-refractivity contribution in [2.24, 2.45) is 5.73 Å². The third kappa shape index (κ3) is 7.15. The van der Waals surface area contributed by atoms with Gasteiger partial charge in [0.15, 0.2) is 0 Å². The van der Waals surface area contributed by atoms with Gasteiger partial charge in [-0.15, -0.1) is 0 Å². The molecular weight excluding hydrogens is 376 g/mol. The average molecular weight is 403 g/mol. The number of benzene rings is 2. The molecule has 0 heterocycles. The molecule has 2 rings (SSSR count). The predicted octanol–water partition coefficient (Wildman–Crippen LogP) is 2.71. The lowest BCUT2D eigenvalue weighted by atomic mass is 9.98. The molecule has 7 heteroatoms. The lowest BCUT2D eigenvalue weighted by Crippen LogP contribution is -2.30. The van der Waals surface area contributed by atoms with Crippen molar-refractivity contribution in [3.8, 4) is 11.5 Å². The first-order chi connectivity index (χ1) is 13.5. The highest BCUT2D eigenvalue weighted by Crippen LogP contribution is 2.23. The summed E-state index contributed by atoms with van der Waals surface area (Å²) in [5, 5.41) is 3.10. The summed E-state index contributed by atoms with van der Waals surface area (Å²) < 4.78 is 10.4. The van der Waals surface area contributed by atoms with Gasteiger partial charge in [-0.2, -0.15) is 11.8 Å². The number of hydrogen-bond acceptors (Lipinski definition) is 5. The third-order valence-electron chi connectivity index (χ3n) is 4.17. The SMILES string of the molecule is COc1ccc(C[C@H](NC(=O)CCSCC(N)=O)c2ccc(OC)cc2)cc1. The van der Waals surface area contributed by atoms with Gasteiger partial charge in [-0.1, -0.05) is 24.3 Å².